The number of hydrogen-bond donors (Lipinski definition) is 0. The van der Waals surface area contributed by atoms with Crippen LogP contribution in [0.4, 0.5) is 13.2 Å². The Morgan fingerprint density at radius 1 is 0.907 bits per heavy atom. The van der Waals surface area contributed by atoms with Crippen molar-refractivity contribution in [1.29, 1.82) is 0 Å². The van der Waals surface area contributed by atoms with Gasteiger partial charge in [0.05, 0.1) is 6.04 Å². The molecule has 2 aliphatic rings. The van der Waals surface area contributed by atoms with E-state index in [1.165, 1.54) is 12.1 Å². The normalized spacial score (nSPS) is 21.3. The van der Waals surface area contributed by atoms with Crippen LogP contribution in [-0.4, -0.2) is 64.3 Å². The lowest BCUT2D eigenvalue weighted by atomic mass is 9.77. The molecule has 0 aliphatic carbocycles. The molecule has 0 radical (unpaired) electrons. The summed E-state index contributed by atoms with van der Waals surface area (Å²) < 4.78 is 43.7. The van der Waals surface area contributed by atoms with Gasteiger partial charge in [-0.15, -0.1) is 0 Å². The fourth-order valence-corrected chi connectivity index (χ4v) is 7.29. The minimum Gasteiger partial charge on any atom is -0.342 e. The summed E-state index contributed by atoms with van der Waals surface area (Å²) in [7, 11) is 0. The van der Waals surface area contributed by atoms with E-state index >= 15 is 4.39 Å². The third kappa shape index (κ3) is 7.11. The molecule has 2 saturated heterocycles. The van der Waals surface area contributed by atoms with Crippen LogP contribution < -0.4 is 0 Å². The number of rotatable bonds is 6. The van der Waals surface area contributed by atoms with Crippen molar-refractivity contribution < 1.29 is 22.8 Å². The van der Waals surface area contributed by atoms with Gasteiger partial charge in [0.2, 0.25) is 11.8 Å². The van der Waals surface area contributed by atoms with Crippen LogP contribution in [0.15, 0.2) is 30.3 Å². The summed E-state index contributed by atoms with van der Waals surface area (Å²) in [6.45, 7) is 17.9. The lowest BCUT2D eigenvalue weighted by Crippen LogP contribution is -2.53. The predicted molar refractivity (Wildman–Crippen MR) is 164 cm³/mol. The number of carbonyl (C=O) groups excluding carboxylic acids is 2. The third-order valence-corrected chi connectivity index (χ3v) is 9.64. The van der Waals surface area contributed by atoms with Crippen LogP contribution in [0.2, 0.25) is 0 Å². The highest BCUT2D eigenvalue weighted by Gasteiger charge is 2.42. The van der Waals surface area contributed by atoms with Gasteiger partial charge in [-0.1, -0.05) is 12.1 Å². The van der Waals surface area contributed by atoms with Crippen LogP contribution in [0.1, 0.15) is 108 Å². The first-order chi connectivity index (χ1) is 20.1. The fraction of sp³-hybridized carbons (Fsp3) is 0.600. The minimum absolute atomic E-state index is 0.0205. The first kappa shape index (κ1) is 33.0. The van der Waals surface area contributed by atoms with Gasteiger partial charge in [0.25, 0.3) is 0 Å². The van der Waals surface area contributed by atoms with Crippen molar-refractivity contribution in [3.05, 3.63) is 70.0 Å². The summed E-state index contributed by atoms with van der Waals surface area (Å²) >= 11 is 0. The monoisotopic (exact) mass is 599 g/mol. The van der Waals surface area contributed by atoms with Crippen molar-refractivity contribution in [2.75, 3.05) is 26.2 Å². The summed E-state index contributed by atoms with van der Waals surface area (Å²) in [5.41, 5.74) is 2.67. The average Bonchev–Trinajstić information content (AvgIpc) is 2.93. The topological polar surface area (TPSA) is 43.9 Å². The molecule has 2 aromatic carbocycles. The van der Waals surface area contributed by atoms with E-state index in [4.69, 9.17) is 0 Å². The van der Waals surface area contributed by atoms with Gasteiger partial charge in [0.15, 0.2) is 0 Å². The molecule has 2 amide bonds. The maximum Gasteiger partial charge on any atom is 0.226 e. The summed E-state index contributed by atoms with van der Waals surface area (Å²) in [4.78, 5) is 32.5. The quantitative estimate of drug-likeness (QED) is 0.349. The van der Waals surface area contributed by atoms with Crippen LogP contribution in [0.3, 0.4) is 0 Å². The van der Waals surface area contributed by atoms with Crippen molar-refractivity contribution in [2.45, 2.75) is 104 Å². The van der Waals surface area contributed by atoms with E-state index in [-0.39, 0.29) is 47.1 Å². The molecular formula is C35H48F3N3O2. The Hall–Kier alpha value is -2.87. The van der Waals surface area contributed by atoms with E-state index in [9.17, 15) is 18.4 Å². The van der Waals surface area contributed by atoms with Gasteiger partial charge < -0.3 is 9.80 Å². The molecule has 8 heteroatoms. The van der Waals surface area contributed by atoms with Gasteiger partial charge in [-0.3, -0.25) is 14.5 Å². The molecule has 0 bridgehead atoms. The number of aryl methyl sites for hydroxylation is 1. The number of benzene rings is 2. The maximum absolute atomic E-state index is 15.1. The molecule has 2 aromatic rings. The molecule has 0 aromatic heterocycles. The van der Waals surface area contributed by atoms with E-state index in [0.717, 1.165) is 23.7 Å². The molecule has 2 unspecified atom stereocenters. The molecular weight excluding hydrogens is 551 g/mol. The number of hydrogen-bond acceptors (Lipinski definition) is 3. The number of likely N-dealkylation sites (tertiary alicyclic amines) is 2. The molecule has 43 heavy (non-hydrogen) atoms. The molecule has 2 heterocycles. The Bertz CT molecular complexity index is 1330. The highest BCUT2D eigenvalue weighted by Crippen LogP contribution is 2.40. The van der Waals surface area contributed by atoms with Gasteiger partial charge in [-0.05, 0) is 115 Å². The first-order valence-electron chi connectivity index (χ1n) is 15.7. The predicted octanol–water partition coefficient (Wildman–Crippen LogP) is 7.34. The second-order valence-corrected chi connectivity index (χ2v) is 13.8. The Labute approximate surface area is 255 Å². The fourth-order valence-electron chi connectivity index (χ4n) is 7.29. The first-order valence-corrected chi connectivity index (χ1v) is 15.7. The Balaban J connectivity index is 1.56. The summed E-state index contributed by atoms with van der Waals surface area (Å²) in [6, 6.07) is 6.85. The number of nitrogens with zero attached hydrogens (tertiary/aromatic N) is 3. The van der Waals surface area contributed by atoms with Crippen LogP contribution in [0.25, 0.3) is 0 Å². The van der Waals surface area contributed by atoms with Crippen LogP contribution in [0.5, 0.6) is 0 Å². The van der Waals surface area contributed by atoms with Crippen molar-refractivity contribution in [2.24, 2.45) is 5.92 Å². The second-order valence-electron chi connectivity index (χ2n) is 13.8. The third-order valence-electron chi connectivity index (χ3n) is 9.64. The van der Waals surface area contributed by atoms with Crippen molar-refractivity contribution in [1.82, 2.24) is 14.7 Å². The van der Waals surface area contributed by atoms with Crippen LogP contribution in [-0.2, 0) is 9.59 Å². The number of carbonyl (C=O) groups is 2. The smallest absolute Gasteiger partial charge is 0.226 e. The molecule has 0 saturated carbocycles. The molecule has 0 N–H and O–H groups in total. The molecule has 4 rings (SSSR count). The van der Waals surface area contributed by atoms with Crippen molar-refractivity contribution >= 4 is 11.8 Å². The van der Waals surface area contributed by atoms with Crippen LogP contribution >= 0.6 is 0 Å². The number of amides is 2. The van der Waals surface area contributed by atoms with Crippen LogP contribution in [0, 0.1) is 30.3 Å². The highest BCUT2D eigenvalue weighted by molar-refractivity contribution is 5.80. The summed E-state index contributed by atoms with van der Waals surface area (Å²) in [6.07, 6.45) is 2.04. The zero-order valence-corrected chi connectivity index (χ0v) is 27.0. The highest BCUT2D eigenvalue weighted by atomic mass is 19.1. The zero-order chi connectivity index (χ0) is 31.8. The average molecular weight is 600 g/mol. The standard InChI is InChI=1S/C35H48F3N3O2/c1-21(2)41(24(5)42)23(4)29-19-32(37)22(3)17-30(29)25-11-14-39(15-12-25)34(43)28-13-16-40(35(6,7)8)20-31(28)27-10-9-26(36)18-33(27)38/h9-10,17-19,21,23,25,28,31H,11-16,20H2,1-8H3/t23-,28?,31?/m0/s1. The van der Waals surface area contributed by atoms with E-state index in [0.29, 0.717) is 50.0 Å². The van der Waals surface area contributed by atoms with Gasteiger partial charge in [-0.25, -0.2) is 13.2 Å². The molecule has 0 spiro atoms. The number of piperidine rings is 2. The maximum atomic E-state index is 15.1. The van der Waals surface area contributed by atoms with Crippen molar-refractivity contribution in [3.8, 4) is 0 Å². The second kappa shape index (κ2) is 13.0. The van der Waals surface area contributed by atoms with Gasteiger partial charge >= 0.3 is 0 Å². The minimum atomic E-state index is -0.626. The summed E-state index contributed by atoms with van der Waals surface area (Å²) in [5, 5.41) is 0. The van der Waals surface area contributed by atoms with Gasteiger partial charge in [0, 0.05) is 56.0 Å². The largest absolute Gasteiger partial charge is 0.342 e. The van der Waals surface area contributed by atoms with E-state index in [1.807, 2.05) is 31.7 Å². The Kier molecular flexibility index (Phi) is 9.99. The van der Waals surface area contributed by atoms with E-state index in [1.54, 1.807) is 24.8 Å². The lowest BCUT2D eigenvalue weighted by molar-refractivity contribution is -0.139. The van der Waals surface area contributed by atoms with Gasteiger partial charge in [-0.2, -0.15) is 0 Å². The Morgan fingerprint density at radius 2 is 1.56 bits per heavy atom. The van der Waals surface area contributed by atoms with Gasteiger partial charge in [0.1, 0.15) is 17.5 Å². The number of halogens is 3. The summed E-state index contributed by atoms with van der Waals surface area (Å²) in [5.74, 6) is -2.20. The molecule has 2 fully saturated rings. The van der Waals surface area contributed by atoms with Crippen molar-refractivity contribution in [3.63, 3.8) is 0 Å². The molecule has 236 valence electrons. The zero-order valence-electron chi connectivity index (χ0n) is 27.0. The SMILES string of the molecule is CC(=O)N(C(C)C)[C@@H](C)c1cc(F)c(C)cc1C1CCN(C(=O)C2CCN(C(C)(C)C)CC2c2ccc(F)cc2F)CC1. The molecule has 2 aliphatic heterocycles. The molecule has 5 nitrogen and oxygen atoms in total. The molecule has 3 atom stereocenters. The Morgan fingerprint density at radius 3 is 2.12 bits per heavy atom. The van der Waals surface area contributed by atoms with E-state index < -0.39 is 17.6 Å². The van der Waals surface area contributed by atoms with E-state index in [2.05, 4.69) is 25.7 Å². The lowest BCUT2D eigenvalue weighted by Gasteiger charge is -2.46.